The lowest BCUT2D eigenvalue weighted by atomic mass is 10.1. The maximum atomic E-state index is 12.5. The topological polar surface area (TPSA) is 69.0 Å². The van der Waals surface area contributed by atoms with Crippen LogP contribution in [0.1, 0.15) is 35.0 Å². The fraction of sp³-hybridized carbons (Fsp3) is 0.348. The lowest BCUT2D eigenvalue weighted by molar-refractivity contribution is -0.113. The van der Waals surface area contributed by atoms with E-state index in [0.29, 0.717) is 17.6 Å². The highest BCUT2D eigenvalue weighted by atomic mass is 32.2. The number of anilines is 1. The van der Waals surface area contributed by atoms with Crippen molar-refractivity contribution in [1.82, 2.24) is 14.8 Å². The summed E-state index contributed by atoms with van der Waals surface area (Å²) in [5.41, 5.74) is 5.40. The summed E-state index contributed by atoms with van der Waals surface area (Å²) in [5, 5.41) is 12.2. The summed E-state index contributed by atoms with van der Waals surface area (Å²) in [7, 11) is 1.89. The molecule has 6 nitrogen and oxygen atoms in total. The molecule has 1 amide bonds. The van der Waals surface area contributed by atoms with Crippen LogP contribution in [0.4, 0.5) is 5.69 Å². The van der Waals surface area contributed by atoms with Gasteiger partial charge in [-0.2, -0.15) is 0 Å². The summed E-state index contributed by atoms with van der Waals surface area (Å²) >= 11 is 1.36. The summed E-state index contributed by atoms with van der Waals surface area (Å²) in [6.07, 6.45) is 0.873. The SMILES string of the molecule is CCc1cccc(C)c1NC(=O)CSc1nnc(COc2ccc(C)cc2C)n1C. The van der Waals surface area contributed by atoms with Crippen molar-refractivity contribution in [3.63, 3.8) is 0 Å². The molecule has 0 saturated carbocycles. The number of thioether (sulfide) groups is 1. The zero-order chi connectivity index (χ0) is 21.7. The average molecular weight is 425 g/mol. The normalized spacial score (nSPS) is 10.8. The fourth-order valence-electron chi connectivity index (χ4n) is 3.21. The first-order valence-electron chi connectivity index (χ1n) is 9.98. The number of rotatable bonds is 8. The van der Waals surface area contributed by atoms with Gasteiger partial charge in [0.05, 0.1) is 5.75 Å². The number of ether oxygens (including phenoxy) is 1. The van der Waals surface area contributed by atoms with Crippen molar-refractivity contribution in [2.24, 2.45) is 7.05 Å². The van der Waals surface area contributed by atoms with Crippen molar-refractivity contribution < 1.29 is 9.53 Å². The van der Waals surface area contributed by atoms with Gasteiger partial charge in [0.2, 0.25) is 5.91 Å². The third kappa shape index (κ3) is 5.21. The van der Waals surface area contributed by atoms with Gasteiger partial charge in [0.25, 0.3) is 0 Å². The summed E-state index contributed by atoms with van der Waals surface area (Å²) < 4.78 is 7.77. The van der Waals surface area contributed by atoms with Crippen LogP contribution in [0.5, 0.6) is 5.75 Å². The molecule has 0 aliphatic heterocycles. The van der Waals surface area contributed by atoms with E-state index in [4.69, 9.17) is 4.74 Å². The van der Waals surface area contributed by atoms with Crippen LogP contribution in [0, 0.1) is 20.8 Å². The summed E-state index contributed by atoms with van der Waals surface area (Å²) in [6.45, 7) is 8.49. The number of hydrogen-bond donors (Lipinski definition) is 1. The molecule has 0 spiro atoms. The third-order valence-electron chi connectivity index (χ3n) is 4.95. The van der Waals surface area contributed by atoms with E-state index in [1.54, 1.807) is 0 Å². The van der Waals surface area contributed by atoms with Gasteiger partial charge in [0, 0.05) is 12.7 Å². The Labute approximate surface area is 182 Å². The van der Waals surface area contributed by atoms with Crippen LogP contribution in [0.25, 0.3) is 0 Å². The Morgan fingerprint density at radius 1 is 1.13 bits per heavy atom. The predicted octanol–water partition coefficient (Wildman–Crippen LogP) is 4.61. The van der Waals surface area contributed by atoms with Crippen LogP contribution in [0.15, 0.2) is 41.6 Å². The quantitative estimate of drug-likeness (QED) is 0.535. The third-order valence-corrected chi connectivity index (χ3v) is 5.97. The average Bonchev–Trinajstić information content (AvgIpc) is 3.07. The highest BCUT2D eigenvalue weighted by Gasteiger charge is 2.14. The van der Waals surface area contributed by atoms with Crippen LogP contribution < -0.4 is 10.1 Å². The molecule has 0 aliphatic rings. The second-order valence-corrected chi connectivity index (χ2v) is 8.26. The standard InChI is InChI=1S/C23H28N4O2S/c1-6-18-9-7-8-16(3)22(18)24-21(28)14-30-23-26-25-20(27(23)5)13-29-19-11-10-15(2)12-17(19)4/h7-12H,6,13-14H2,1-5H3,(H,24,28). The molecule has 1 aromatic heterocycles. The largest absolute Gasteiger partial charge is 0.485 e. The van der Waals surface area contributed by atoms with Gasteiger partial charge in [-0.3, -0.25) is 4.79 Å². The first-order chi connectivity index (χ1) is 14.4. The number of nitrogens with zero attached hydrogens (tertiary/aromatic N) is 3. The van der Waals surface area contributed by atoms with Crippen LogP contribution in [0.3, 0.4) is 0 Å². The second kappa shape index (κ2) is 9.80. The van der Waals surface area contributed by atoms with Gasteiger partial charge in [0.15, 0.2) is 11.0 Å². The Bertz CT molecular complexity index is 1050. The summed E-state index contributed by atoms with van der Waals surface area (Å²) in [4.78, 5) is 12.5. The highest BCUT2D eigenvalue weighted by molar-refractivity contribution is 7.99. The van der Waals surface area contributed by atoms with E-state index in [1.807, 2.05) is 55.8 Å². The molecule has 1 N–H and O–H groups in total. The minimum atomic E-state index is -0.0555. The van der Waals surface area contributed by atoms with Crippen molar-refractivity contribution in [3.8, 4) is 5.75 Å². The molecule has 0 saturated heterocycles. The molecule has 158 valence electrons. The molecule has 0 unspecified atom stereocenters. The van der Waals surface area contributed by atoms with E-state index >= 15 is 0 Å². The first-order valence-corrected chi connectivity index (χ1v) is 11.0. The van der Waals surface area contributed by atoms with Crippen molar-refractivity contribution in [3.05, 3.63) is 64.5 Å². The smallest absolute Gasteiger partial charge is 0.234 e. The van der Waals surface area contributed by atoms with Gasteiger partial charge in [-0.15, -0.1) is 10.2 Å². The Balaban J connectivity index is 1.58. The number of para-hydroxylation sites is 1. The van der Waals surface area contributed by atoms with Crippen molar-refractivity contribution in [2.75, 3.05) is 11.1 Å². The lowest BCUT2D eigenvalue weighted by Gasteiger charge is -2.12. The monoisotopic (exact) mass is 424 g/mol. The van der Waals surface area contributed by atoms with Gasteiger partial charge in [0.1, 0.15) is 12.4 Å². The Morgan fingerprint density at radius 3 is 2.67 bits per heavy atom. The molecule has 0 atom stereocenters. The van der Waals surface area contributed by atoms with Crippen molar-refractivity contribution >= 4 is 23.4 Å². The van der Waals surface area contributed by atoms with Crippen LogP contribution in [-0.2, 0) is 24.9 Å². The molecule has 0 fully saturated rings. The minimum absolute atomic E-state index is 0.0555. The zero-order valence-corrected chi connectivity index (χ0v) is 19.0. The molecule has 0 bridgehead atoms. The van der Waals surface area contributed by atoms with Crippen LogP contribution >= 0.6 is 11.8 Å². The number of aryl methyl sites for hydroxylation is 4. The molecule has 3 rings (SSSR count). The molecule has 30 heavy (non-hydrogen) atoms. The maximum absolute atomic E-state index is 12.5. The number of aromatic nitrogens is 3. The number of hydrogen-bond acceptors (Lipinski definition) is 5. The summed E-state index contributed by atoms with van der Waals surface area (Å²) in [5.74, 6) is 1.76. The van der Waals surface area contributed by atoms with E-state index in [1.165, 1.54) is 17.3 Å². The maximum Gasteiger partial charge on any atom is 0.234 e. The first kappa shape index (κ1) is 21.9. The number of amides is 1. The van der Waals surface area contributed by atoms with Gasteiger partial charge >= 0.3 is 0 Å². The summed E-state index contributed by atoms with van der Waals surface area (Å²) in [6, 6.07) is 12.1. The number of nitrogens with one attached hydrogen (secondary N) is 1. The molecule has 3 aromatic rings. The minimum Gasteiger partial charge on any atom is -0.485 e. The molecule has 1 heterocycles. The van der Waals surface area contributed by atoms with Crippen LogP contribution in [0.2, 0.25) is 0 Å². The molecule has 0 aliphatic carbocycles. The van der Waals surface area contributed by atoms with E-state index in [2.05, 4.69) is 35.4 Å². The number of carbonyl (C=O) groups excluding carboxylic acids is 1. The lowest BCUT2D eigenvalue weighted by Crippen LogP contribution is -2.16. The van der Waals surface area contributed by atoms with Gasteiger partial charge in [-0.25, -0.2) is 0 Å². The van der Waals surface area contributed by atoms with E-state index in [9.17, 15) is 4.79 Å². The van der Waals surface area contributed by atoms with Gasteiger partial charge in [-0.05, 0) is 49.9 Å². The Kier molecular flexibility index (Phi) is 7.15. The molecule has 0 radical (unpaired) electrons. The molecular formula is C23H28N4O2S. The van der Waals surface area contributed by atoms with Crippen molar-refractivity contribution in [2.45, 2.75) is 45.9 Å². The fourth-order valence-corrected chi connectivity index (χ4v) is 3.94. The van der Waals surface area contributed by atoms with Crippen molar-refractivity contribution in [1.29, 1.82) is 0 Å². The van der Waals surface area contributed by atoms with Gasteiger partial charge < -0.3 is 14.6 Å². The number of benzene rings is 2. The van der Waals surface area contributed by atoms with Gasteiger partial charge in [-0.1, -0.05) is 54.6 Å². The Morgan fingerprint density at radius 2 is 1.93 bits per heavy atom. The van der Waals surface area contributed by atoms with Crippen LogP contribution in [-0.4, -0.2) is 26.4 Å². The number of carbonyl (C=O) groups is 1. The predicted molar refractivity (Wildman–Crippen MR) is 121 cm³/mol. The van der Waals surface area contributed by atoms with E-state index in [0.717, 1.165) is 34.5 Å². The van der Waals surface area contributed by atoms with E-state index < -0.39 is 0 Å². The zero-order valence-electron chi connectivity index (χ0n) is 18.2. The Hall–Kier alpha value is -2.80. The van der Waals surface area contributed by atoms with E-state index in [-0.39, 0.29) is 11.7 Å². The second-order valence-electron chi connectivity index (χ2n) is 7.31. The molecule has 2 aromatic carbocycles. The molecule has 7 heteroatoms. The highest BCUT2D eigenvalue weighted by Crippen LogP contribution is 2.23. The molecular weight excluding hydrogens is 396 g/mol.